The maximum atomic E-state index is 12.5. The van der Waals surface area contributed by atoms with Crippen molar-refractivity contribution in [3.05, 3.63) is 23.8 Å². The first kappa shape index (κ1) is 13.6. The van der Waals surface area contributed by atoms with Crippen LogP contribution in [0.4, 0.5) is 0 Å². The molecule has 0 bridgehead atoms. The molecule has 0 N–H and O–H groups in total. The van der Waals surface area contributed by atoms with Gasteiger partial charge in [-0.25, -0.2) is 0 Å². The fourth-order valence-corrected chi connectivity index (χ4v) is 3.16. The van der Waals surface area contributed by atoms with E-state index in [-0.39, 0.29) is 12.7 Å². The van der Waals surface area contributed by atoms with Crippen molar-refractivity contribution in [2.75, 3.05) is 25.8 Å². The van der Waals surface area contributed by atoms with Crippen molar-refractivity contribution in [1.29, 1.82) is 0 Å². The standard InChI is InChI=1S/C15H18ClNO3/c16-6-5-11-2-1-7-17(9-11)15(18)12-3-4-13-14(8-12)20-10-19-13/h3-4,8,11H,1-2,5-7,9-10H2. The van der Waals surface area contributed by atoms with Crippen molar-refractivity contribution in [2.45, 2.75) is 19.3 Å². The summed E-state index contributed by atoms with van der Waals surface area (Å²) in [6, 6.07) is 5.38. The zero-order valence-corrected chi connectivity index (χ0v) is 12.1. The Kier molecular flexibility index (Phi) is 4.01. The maximum absolute atomic E-state index is 12.5. The minimum absolute atomic E-state index is 0.0718. The zero-order valence-electron chi connectivity index (χ0n) is 11.3. The average molecular weight is 296 g/mol. The molecule has 0 saturated carbocycles. The van der Waals surface area contributed by atoms with E-state index in [1.807, 2.05) is 4.90 Å². The highest BCUT2D eigenvalue weighted by molar-refractivity contribution is 6.17. The van der Waals surface area contributed by atoms with Crippen LogP contribution in [0, 0.1) is 5.92 Å². The lowest BCUT2D eigenvalue weighted by Crippen LogP contribution is -2.40. The van der Waals surface area contributed by atoms with Crippen molar-refractivity contribution >= 4 is 17.5 Å². The van der Waals surface area contributed by atoms with E-state index in [4.69, 9.17) is 21.1 Å². The molecular formula is C15H18ClNO3. The Morgan fingerprint density at radius 3 is 3.05 bits per heavy atom. The summed E-state index contributed by atoms with van der Waals surface area (Å²) in [6.45, 7) is 1.86. The molecule has 2 aliphatic heterocycles. The lowest BCUT2D eigenvalue weighted by atomic mass is 9.95. The second kappa shape index (κ2) is 5.92. The van der Waals surface area contributed by atoms with E-state index in [2.05, 4.69) is 0 Å². The van der Waals surface area contributed by atoms with Gasteiger partial charge in [0.05, 0.1) is 0 Å². The van der Waals surface area contributed by atoms with Gasteiger partial charge in [-0.2, -0.15) is 0 Å². The highest BCUT2D eigenvalue weighted by atomic mass is 35.5. The van der Waals surface area contributed by atoms with Crippen LogP contribution in [0.1, 0.15) is 29.6 Å². The third-order valence-electron chi connectivity index (χ3n) is 3.94. The number of hydrogen-bond donors (Lipinski definition) is 0. The maximum Gasteiger partial charge on any atom is 0.254 e. The van der Waals surface area contributed by atoms with Gasteiger partial charge in [0.25, 0.3) is 5.91 Å². The molecular weight excluding hydrogens is 278 g/mol. The Labute approximate surface area is 123 Å². The summed E-state index contributed by atoms with van der Waals surface area (Å²) in [5, 5.41) is 0. The Morgan fingerprint density at radius 2 is 2.20 bits per heavy atom. The monoisotopic (exact) mass is 295 g/mol. The molecule has 1 atom stereocenters. The van der Waals surface area contributed by atoms with E-state index >= 15 is 0 Å². The van der Waals surface area contributed by atoms with Crippen LogP contribution < -0.4 is 9.47 Å². The number of halogens is 1. The third kappa shape index (κ3) is 2.70. The van der Waals surface area contributed by atoms with Gasteiger partial charge in [-0.15, -0.1) is 11.6 Å². The van der Waals surface area contributed by atoms with Crippen LogP contribution in [0.3, 0.4) is 0 Å². The summed E-state index contributed by atoms with van der Waals surface area (Å²) in [4.78, 5) is 14.5. The minimum atomic E-state index is 0.0718. The van der Waals surface area contributed by atoms with E-state index in [9.17, 15) is 4.79 Å². The first-order valence-electron chi connectivity index (χ1n) is 7.03. The number of nitrogens with zero attached hydrogens (tertiary/aromatic N) is 1. The summed E-state index contributed by atoms with van der Waals surface area (Å²) in [5.41, 5.74) is 0.667. The second-order valence-electron chi connectivity index (χ2n) is 5.31. The van der Waals surface area contributed by atoms with Gasteiger partial charge >= 0.3 is 0 Å². The highest BCUT2D eigenvalue weighted by Crippen LogP contribution is 2.33. The number of rotatable bonds is 3. The number of carbonyl (C=O) groups is 1. The van der Waals surface area contributed by atoms with E-state index in [0.29, 0.717) is 28.9 Å². The lowest BCUT2D eigenvalue weighted by Gasteiger charge is -2.32. The van der Waals surface area contributed by atoms with Crippen LogP contribution in [0.2, 0.25) is 0 Å². The van der Waals surface area contributed by atoms with Crippen molar-refractivity contribution in [3.63, 3.8) is 0 Å². The molecule has 5 heteroatoms. The number of benzene rings is 1. The Balaban J connectivity index is 1.72. The number of piperidine rings is 1. The molecule has 1 aromatic carbocycles. The number of fused-ring (bicyclic) bond motifs is 1. The predicted octanol–water partition coefficient (Wildman–Crippen LogP) is 2.90. The molecule has 0 aliphatic carbocycles. The van der Waals surface area contributed by atoms with Crippen LogP contribution in [-0.2, 0) is 0 Å². The Morgan fingerprint density at radius 1 is 1.35 bits per heavy atom. The highest BCUT2D eigenvalue weighted by Gasteiger charge is 2.25. The molecule has 0 aromatic heterocycles. The first-order valence-corrected chi connectivity index (χ1v) is 7.56. The fourth-order valence-electron chi connectivity index (χ4n) is 2.85. The molecule has 2 heterocycles. The SMILES string of the molecule is O=C(c1ccc2c(c1)OCO2)N1CCCC(CCCl)C1. The van der Waals surface area contributed by atoms with E-state index in [0.717, 1.165) is 32.4 Å². The molecule has 4 nitrogen and oxygen atoms in total. The molecule has 20 heavy (non-hydrogen) atoms. The van der Waals surface area contributed by atoms with Gasteiger partial charge in [0.1, 0.15) is 0 Å². The first-order chi connectivity index (χ1) is 9.78. The van der Waals surface area contributed by atoms with Gasteiger partial charge in [0, 0.05) is 24.5 Å². The number of likely N-dealkylation sites (tertiary alicyclic amines) is 1. The van der Waals surface area contributed by atoms with Gasteiger partial charge in [-0.3, -0.25) is 4.79 Å². The molecule has 1 fully saturated rings. The molecule has 2 aliphatic rings. The lowest BCUT2D eigenvalue weighted by molar-refractivity contribution is 0.0671. The third-order valence-corrected chi connectivity index (χ3v) is 4.16. The van der Waals surface area contributed by atoms with E-state index in [1.54, 1.807) is 18.2 Å². The van der Waals surface area contributed by atoms with Gasteiger partial charge in [0.2, 0.25) is 6.79 Å². The van der Waals surface area contributed by atoms with Crippen LogP contribution in [0.5, 0.6) is 11.5 Å². The minimum Gasteiger partial charge on any atom is -0.454 e. The van der Waals surface area contributed by atoms with Crippen molar-refractivity contribution in [1.82, 2.24) is 4.90 Å². The number of carbonyl (C=O) groups excluding carboxylic acids is 1. The Bertz CT molecular complexity index is 504. The molecule has 108 valence electrons. The smallest absolute Gasteiger partial charge is 0.254 e. The van der Waals surface area contributed by atoms with Gasteiger partial charge < -0.3 is 14.4 Å². The van der Waals surface area contributed by atoms with Crippen LogP contribution >= 0.6 is 11.6 Å². The van der Waals surface area contributed by atoms with E-state index < -0.39 is 0 Å². The predicted molar refractivity (Wildman–Crippen MR) is 76.5 cm³/mol. The molecule has 1 unspecified atom stereocenters. The van der Waals surface area contributed by atoms with Crippen LogP contribution in [0.15, 0.2) is 18.2 Å². The zero-order chi connectivity index (χ0) is 13.9. The molecule has 1 aromatic rings. The van der Waals surface area contributed by atoms with Crippen molar-refractivity contribution in [3.8, 4) is 11.5 Å². The summed E-state index contributed by atoms with van der Waals surface area (Å²) >= 11 is 5.81. The molecule has 1 saturated heterocycles. The van der Waals surface area contributed by atoms with Crippen LogP contribution in [-0.4, -0.2) is 36.6 Å². The normalized spacial score (nSPS) is 21.1. The summed E-state index contributed by atoms with van der Waals surface area (Å²) in [6.07, 6.45) is 3.20. The quantitative estimate of drug-likeness (QED) is 0.805. The number of amides is 1. The summed E-state index contributed by atoms with van der Waals surface area (Å²) < 4.78 is 10.6. The van der Waals surface area contributed by atoms with E-state index in [1.165, 1.54) is 0 Å². The number of alkyl halides is 1. The van der Waals surface area contributed by atoms with Gasteiger partial charge in [-0.05, 0) is 43.4 Å². The van der Waals surface area contributed by atoms with Crippen molar-refractivity contribution < 1.29 is 14.3 Å². The average Bonchev–Trinajstić information content (AvgIpc) is 2.94. The Hall–Kier alpha value is -1.42. The largest absolute Gasteiger partial charge is 0.454 e. The van der Waals surface area contributed by atoms with Crippen molar-refractivity contribution in [2.24, 2.45) is 5.92 Å². The number of ether oxygens (including phenoxy) is 2. The topological polar surface area (TPSA) is 38.8 Å². The summed E-state index contributed by atoms with van der Waals surface area (Å²) in [7, 11) is 0. The second-order valence-corrected chi connectivity index (χ2v) is 5.68. The fraction of sp³-hybridized carbons (Fsp3) is 0.533. The van der Waals surface area contributed by atoms with Gasteiger partial charge in [0.15, 0.2) is 11.5 Å². The molecule has 0 radical (unpaired) electrons. The molecule has 1 amide bonds. The molecule has 3 rings (SSSR count). The number of hydrogen-bond acceptors (Lipinski definition) is 3. The molecule has 0 spiro atoms. The van der Waals surface area contributed by atoms with Crippen LogP contribution in [0.25, 0.3) is 0 Å². The summed E-state index contributed by atoms with van der Waals surface area (Å²) in [5.74, 6) is 2.63. The van der Waals surface area contributed by atoms with Gasteiger partial charge in [-0.1, -0.05) is 0 Å².